The fourth-order valence-corrected chi connectivity index (χ4v) is 3.14. The average molecular weight is 338 g/mol. The highest BCUT2D eigenvalue weighted by Crippen LogP contribution is 2.35. The minimum absolute atomic E-state index is 0.234. The standard InChI is InChI=1S/C20H22N2O3/c1-4-13-25-17-10-9-16-18-14(17)7-5-8-15(18)19(23)22(20(16)24)12-6-11-21(2)3/h4-5,7-10H,1,6,11-13H2,2-3H3. The van der Waals surface area contributed by atoms with Crippen LogP contribution in [0.15, 0.2) is 43.0 Å². The van der Waals surface area contributed by atoms with Gasteiger partial charge in [-0.15, -0.1) is 0 Å². The van der Waals surface area contributed by atoms with Crippen molar-refractivity contribution in [3.05, 3.63) is 54.1 Å². The molecule has 0 N–H and O–H groups in total. The van der Waals surface area contributed by atoms with Gasteiger partial charge in [0.15, 0.2) is 0 Å². The summed E-state index contributed by atoms with van der Waals surface area (Å²) in [6, 6.07) is 9.02. The summed E-state index contributed by atoms with van der Waals surface area (Å²) in [5, 5.41) is 1.47. The number of carbonyl (C=O) groups excluding carboxylic acids is 2. The van der Waals surface area contributed by atoms with Gasteiger partial charge in [0.1, 0.15) is 12.4 Å². The highest BCUT2D eigenvalue weighted by atomic mass is 16.5. The number of hydrogen-bond donors (Lipinski definition) is 0. The van der Waals surface area contributed by atoms with E-state index in [2.05, 4.69) is 6.58 Å². The Morgan fingerprint density at radius 1 is 1.12 bits per heavy atom. The SMILES string of the molecule is C=CCOc1ccc2c3c(cccc13)C(=O)N(CCCN(C)C)C2=O. The lowest BCUT2D eigenvalue weighted by Crippen LogP contribution is -2.41. The molecule has 3 rings (SSSR count). The zero-order chi connectivity index (χ0) is 18.0. The summed E-state index contributed by atoms with van der Waals surface area (Å²) in [5.74, 6) is 0.188. The number of rotatable bonds is 7. The number of hydrogen-bond acceptors (Lipinski definition) is 4. The van der Waals surface area contributed by atoms with E-state index in [1.807, 2.05) is 31.1 Å². The molecule has 1 aliphatic heterocycles. The van der Waals surface area contributed by atoms with Crippen molar-refractivity contribution >= 4 is 22.6 Å². The molecule has 5 heteroatoms. The van der Waals surface area contributed by atoms with Crippen LogP contribution < -0.4 is 4.74 Å². The summed E-state index contributed by atoms with van der Waals surface area (Å²) in [7, 11) is 3.95. The summed E-state index contributed by atoms with van der Waals surface area (Å²) < 4.78 is 5.68. The molecule has 130 valence electrons. The molecule has 2 amide bonds. The predicted molar refractivity (Wildman–Crippen MR) is 98.2 cm³/mol. The molecule has 0 spiro atoms. The van der Waals surface area contributed by atoms with Gasteiger partial charge in [-0.25, -0.2) is 0 Å². The lowest BCUT2D eigenvalue weighted by molar-refractivity contribution is 0.0606. The maximum absolute atomic E-state index is 12.8. The van der Waals surface area contributed by atoms with E-state index in [0.717, 1.165) is 18.4 Å². The number of amides is 2. The normalized spacial score (nSPS) is 13.6. The number of benzene rings is 2. The van der Waals surface area contributed by atoms with E-state index in [-0.39, 0.29) is 11.8 Å². The van der Waals surface area contributed by atoms with E-state index in [0.29, 0.717) is 35.4 Å². The van der Waals surface area contributed by atoms with Gasteiger partial charge in [-0.05, 0) is 45.3 Å². The quantitative estimate of drug-likeness (QED) is 0.575. The second kappa shape index (κ2) is 7.07. The van der Waals surface area contributed by atoms with Gasteiger partial charge < -0.3 is 9.64 Å². The first kappa shape index (κ1) is 17.2. The second-order valence-electron chi connectivity index (χ2n) is 6.36. The third-order valence-corrected chi connectivity index (χ3v) is 4.30. The van der Waals surface area contributed by atoms with Crippen LogP contribution in [0.25, 0.3) is 10.8 Å². The van der Waals surface area contributed by atoms with E-state index in [1.54, 1.807) is 24.3 Å². The predicted octanol–water partition coefficient (Wildman–Crippen LogP) is 2.95. The fraction of sp³-hybridized carbons (Fsp3) is 0.300. The molecule has 0 aromatic heterocycles. The van der Waals surface area contributed by atoms with Crippen molar-refractivity contribution in [2.75, 3.05) is 33.8 Å². The van der Waals surface area contributed by atoms with Gasteiger partial charge in [-0.3, -0.25) is 14.5 Å². The van der Waals surface area contributed by atoms with Crippen molar-refractivity contribution < 1.29 is 14.3 Å². The van der Waals surface area contributed by atoms with Crippen molar-refractivity contribution in [2.45, 2.75) is 6.42 Å². The van der Waals surface area contributed by atoms with Crippen molar-refractivity contribution in [3.8, 4) is 5.75 Å². The molecule has 0 atom stereocenters. The molecular weight excluding hydrogens is 316 g/mol. The molecule has 0 unspecified atom stereocenters. The Bertz CT molecular complexity index is 820. The van der Waals surface area contributed by atoms with E-state index in [9.17, 15) is 9.59 Å². The van der Waals surface area contributed by atoms with Crippen LogP contribution in [0.3, 0.4) is 0 Å². The Morgan fingerprint density at radius 2 is 1.84 bits per heavy atom. The lowest BCUT2D eigenvalue weighted by Gasteiger charge is -2.28. The van der Waals surface area contributed by atoms with Crippen molar-refractivity contribution in [2.24, 2.45) is 0 Å². The van der Waals surface area contributed by atoms with E-state index in [1.165, 1.54) is 4.90 Å². The van der Waals surface area contributed by atoms with Crippen LogP contribution in [0.5, 0.6) is 5.75 Å². The van der Waals surface area contributed by atoms with E-state index in [4.69, 9.17) is 4.74 Å². The first-order valence-corrected chi connectivity index (χ1v) is 8.35. The summed E-state index contributed by atoms with van der Waals surface area (Å²) in [4.78, 5) is 29.1. The third kappa shape index (κ3) is 3.15. The maximum Gasteiger partial charge on any atom is 0.261 e. The highest BCUT2D eigenvalue weighted by molar-refractivity contribution is 6.26. The summed E-state index contributed by atoms with van der Waals surface area (Å²) in [6.45, 7) is 5.26. The van der Waals surface area contributed by atoms with E-state index < -0.39 is 0 Å². The molecule has 0 fully saturated rings. The van der Waals surface area contributed by atoms with Crippen LogP contribution in [0.1, 0.15) is 27.1 Å². The largest absolute Gasteiger partial charge is 0.489 e. The molecule has 0 saturated carbocycles. The number of imide groups is 1. The molecule has 0 radical (unpaired) electrons. The maximum atomic E-state index is 12.8. The molecule has 2 aromatic carbocycles. The van der Waals surface area contributed by atoms with Crippen LogP contribution >= 0.6 is 0 Å². The van der Waals surface area contributed by atoms with Crippen LogP contribution in [-0.2, 0) is 0 Å². The second-order valence-corrected chi connectivity index (χ2v) is 6.36. The summed E-state index contributed by atoms with van der Waals surface area (Å²) >= 11 is 0. The van der Waals surface area contributed by atoms with Gasteiger partial charge >= 0.3 is 0 Å². The fourth-order valence-electron chi connectivity index (χ4n) is 3.14. The zero-order valence-corrected chi connectivity index (χ0v) is 14.6. The molecular formula is C20H22N2O3. The number of nitrogens with zero attached hydrogens (tertiary/aromatic N) is 2. The lowest BCUT2D eigenvalue weighted by atomic mass is 9.93. The van der Waals surface area contributed by atoms with Gasteiger partial charge in [0.2, 0.25) is 0 Å². The van der Waals surface area contributed by atoms with Gasteiger partial charge in [0.05, 0.1) is 0 Å². The van der Waals surface area contributed by atoms with Crippen LogP contribution in [0.2, 0.25) is 0 Å². The minimum atomic E-state index is -0.234. The topological polar surface area (TPSA) is 49.9 Å². The number of ether oxygens (including phenoxy) is 1. The summed E-state index contributed by atoms with van der Waals surface area (Å²) in [5.41, 5.74) is 1.11. The molecule has 0 saturated heterocycles. The van der Waals surface area contributed by atoms with Crippen molar-refractivity contribution in [1.29, 1.82) is 0 Å². The first-order valence-electron chi connectivity index (χ1n) is 8.35. The molecule has 2 aromatic rings. The minimum Gasteiger partial charge on any atom is -0.489 e. The Hall–Kier alpha value is -2.66. The molecule has 25 heavy (non-hydrogen) atoms. The van der Waals surface area contributed by atoms with Crippen LogP contribution in [0.4, 0.5) is 0 Å². The Labute approximate surface area is 147 Å². The highest BCUT2D eigenvalue weighted by Gasteiger charge is 2.33. The van der Waals surface area contributed by atoms with Crippen molar-refractivity contribution in [3.63, 3.8) is 0 Å². The Balaban J connectivity index is 2.01. The molecule has 0 aliphatic carbocycles. The first-order chi connectivity index (χ1) is 12.0. The molecule has 1 heterocycles. The Kier molecular flexibility index (Phi) is 4.86. The monoisotopic (exact) mass is 338 g/mol. The molecule has 5 nitrogen and oxygen atoms in total. The van der Waals surface area contributed by atoms with Crippen LogP contribution in [-0.4, -0.2) is 55.4 Å². The van der Waals surface area contributed by atoms with Crippen molar-refractivity contribution in [1.82, 2.24) is 9.80 Å². The third-order valence-electron chi connectivity index (χ3n) is 4.30. The van der Waals surface area contributed by atoms with Gasteiger partial charge in [0.25, 0.3) is 11.8 Å². The van der Waals surface area contributed by atoms with Gasteiger partial charge in [0, 0.05) is 28.4 Å². The Morgan fingerprint density at radius 3 is 2.52 bits per heavy atom. The van der Waals surface area contributed by atoms with E-state index >= 15 is 0 Å². The number of carbonyl (C=O) groups is 2. The zero-order valence-electron chi connectivity index (χ0n) is 14.6. The molecule has 0 bridgehead atoms. The van der Waals surface area contributed by atoms with Crippen LogP contribution in [0, 0.1) is 0 Å². The van der Waals surface area contributed by atoms with Gasteiger partial charge in [-0.2, -0.15) is 0 Å². The average Bonchev–Trinajstić information content (AvgIpc) is 2.60. The summed E-state index contributed by atoms with van der Waals surface area (Å²) in [6.07, 6.45) is 2.41. The van der Waals surface area contributed by atoms with Gasteiger partial charge in [-0.1, -0.05) is 24.8 Å². The molecule has 1 aliphatic rings. The smallest absolute Gasteiger partial charge is 0.261 e.